The second-order valence-electron chi connectivity index (χ2n) is 3.34. The third kappa shape index (κ3) is 4.17. The van der Waals surface area contributed by atoms with Crippen LogP contribution in [0.5, 0.6) is 0 Å². The van der Waals surface area contributed by atoms with Gasteiger partial charge < -0.3 is 16.2 Å². The first kappa shape index (κ1) is 12.4. The molecule has 0 fully saturated rings. The van der Waals surface area contributed by atoms with Crippen LogP contribution in [0.3, 0.4) is 0 Å². The Morgan fingerprint density at radius 3 is 2.73 bits per heavy atom. The fourth-order valence-electron chi connectivity index (χ4n) is 1.30. The molecule has 0 aromatic rings. The molecule has 5 N–H and O–H groups in total. The van der Waals surface area contributed by atoms with Gasteiger partial charge in [0.2, 0.25) is 10.0 Å². The maximum absolute atomic E-state index is 11.4. The average molecular weight is 235 g/mol. The van der Waals surface area contributed by atoms with Gasteiger partial charge in [0.05, 0.1) is 18.3 Å². The van der Waals surface area contributed by atoms with E-state index in [9.17, 15) is 8.42 Å². The Hall–Kier alpha value is -0.630. The molecule has 0 aromatic heterocycles. The van der Waals surface area contributed by atoms with E-state index >= 15 is 0 Å². The van der Waals surface area contributed by atoms with Crippen LogP contribution in [0.25, 0.3) is 0 Å². The first-order valence-corrected chi connectivity index (χ1v) is 6.44. The van der Waals surface area contributed by atoms with Crippen LogP contribution in [-0.4, -0.2) is 39.9 Å². The molecule has 0 unspecified atom stereocenters. The third-order valence-corrected chi connectivity index (χ3v) is 3.50. The molecular weight excluding hydrogens is 218 g/mol. The topological polar surface area (TPSA) is 107 Å². The second-order valence-corrected chi connectivity index (χ2v) is 5.22. The number of rotatable bonds is 5. The summed E-state index contributed by atoms with van der Waals surface area (Å²) in [7, 11) is -3.27. The molecular formula is C8H17N3O3S. The second kappa shape index (κ2) is 5.45. The zero-order chi connectivity index (χ0) is 11.3. The van der Waals surface area contributed by atoms with Gasteiger partial charge >= 0.3 is 0 Å². The van der Waals surface area contributed by atoms with Crippen molar-refractivity contribution in [2.75, 3.05) is 25.4 Å². The van der Waals surface area contributed by atoms with Crippen LogP contribution in [-0.2, 0) is 14.8 Å². The Kier molecular flexibility index (Phi) is 4.52. The van der Waals surface area contributed by atoms with Gasteiger partial charge in [-0.25, -0.2) is 13.1 Å². The largest absolute Gasteiger partial charge is 0.495 e. The molecule has 0 aliphatic carbocycles. The summed E-state index contributed by atoms with van der Waals surface area (Å²) in [5.74, 6) is 0.654. The lowest BCUT2D eigenvalue weighted by molar-refractivity contribution is 0.168. The minimum Gasteiger partial charge on any atom is -0.495 e. The van der Waals surface area contributed by atoms with Crippen LogP contribution < -0.4 is 16.2 Å². The number of nitrogens with two attached hydrogens (primary N) is 2. The molecule has 0 spiro atoms. The minimum absolute atomic E-state index is 0.0586. The van der Waals surface area contributed by atoms with Crippen LogP contribution in [0.2, 0.25) is 0 Å². The van der Waals surface area contributed by atoms with Crippen LogP contribution in [0.1, 0.15) is 6.42 Å². The summed E-state index contributed by atoms with van der Waals surface area (Å²) in [6.45, 7) is 0.794. The molecule has 0 radical (unpaired) electrons. The maximum atomic E-state index is 11.4. The maximum Gasteiger partial charge on any atom is 0.213 e. The predicted octanol–water partition coefficient (Wildman–Crippen LogP) is -1.50. The summed E-state index contributed by atoms with van der Waals surface area (Å²) < 4.78 is 30.5. The van der Waals surface area contributed by atoms with Gasteiger partial charge in [0.25, 0.3) is 0 Å². The van der Waals surface area contributed by atoms with E-state index in [0.29, 0.717) is 25.3 Å². The molecule has 1 aliphatic rings. The van der Waals surface area contributed by atoms with Crippen molar-refractivity contribution in [1.82, 2.24) is 4.72 Å². The molecule has 6 nitrogen and oxygen atoms in total. The lowest BCUT2D eigenvalue weighted by Crippen LogP contribution is -2.42. The Morgan fingerprint density at radius 2 is 2.27 bits per heavy atom. The van der Waals surface area contributed by atoms with Crippen molar-refractivity contribution in [2.24, 2.45) is 11.5 Å². The number of nitrogens with one attached hydrogen (secondary N) is 1. The number of ether oxygens (including phenoxy) is 1. The van der Waals surface area contributed by atoms with Crippen molar-refractivity contribution in [3.8, 4) is 0 Å². The summed E-state index contributed by atoms with van der Waals surface area (Å²) in [4.78, 5) is 0. The lowest BCUT2D eigenvalue weighted by atomic mass is 10.2. The highest BCUT2D eigenvalue weighted by molar-refractivity contribution is 7.89. The van der Waals surface area contributed by atoms with Crippen molar-refractivity contribution in [2.45, 2.75) is 12.5 Å². The van der Waals surface area contributed by atoms with Crippen LogP contribution in [0.4, 0.5) is 0 Å². The Balaban J connectivity index is 2.46. The summed E-state index contributed by atoms with van der Waals surface area (Å²) in [6, 6.07) is -0.211. The summed E-state index contributed by atoms with van der Waals surface area (Å²) in [5.41, 5.74) is 10.6. The highest BCUT2D eigenvalue weighted by atomic mass is 32.2. The van der Waals surface area contributed by atoms with Crippen molar-refractivity contribution >= 4 is 10.0 Å². The number of hydrogen-bond donors (Lipinski definition) is 3. The van der Waals surface area contributed by atoms with Crippen molar-refractivity contribution in [3.05, 3.63) is 11.8 Å². The van der Waals surface area contributed by atoms with Gasteiger partial charge in [-0.05, 0) is 12.5 Å². The summed E-state index contributed by atoms with van der Waals surface area (Å²) in [5, 5.41) is 0. The average Bonchev–Trinajstić information content (AvgIpc) is 2.18. The van der Waals surface area contributed by atoms with Crippen LogP contribution >= 0.6 is 0 Å². The van der Waals surface area contributed by atoms with Crippen molar-refractivity contribution in [3.63, 3.8) is 0 Å². The van der Waals surface area contributed by atoms with E-state index in [1.165, 1.54) is 0 Å². The summed E-state index contributed by atoms with van der Waals surface area (Å²) >= 11 is 0. The molecule has 1 aliphatic heterocycles. The molecule has 0 saturated heterocycles. The molecule has 0 aromatic carbocycles. The van der Waals surface area contributed by atoms with E-state index in [-0.39, 0.29) is 18.3 Å². The van der Waals surface area contributed by atoms with Gasteiger partial charge in [0.1, 0.15) is 12.4 Å². The van der Waals surface area contributed by atoms with E-state index in [0.717, 1.165) is 0 Å². The normalized spacial score (nSPS) is 22.0. The number of sulfonamides is 1. The monoisotopic (exact) mass is 235 g/mol. The molecule has 0 bridgehead atoms. The van der Waals surface area contributed by atoms with Crippen molar-refractivity contribution in [1.29, 1.82) is 0 Å². The molecule has 88 valence electrons. The van der Waals surface area contributed by atoms with E-state index in [4.69, 9.17) is 16.2 Å². The Morgan fingerprint density at radius 1 is 1.53 bits per heavy atom. The Bertz CT molecular complexity index is 326. The van der Waals surface area contributed by atoms with E-state index in [1.54, 1.807) is 6.08 Å². The smallest absolute Gasteiger partial charge is 0.213 e. The standard InChI is InChI=1S/C8H17N3O3S/c9-3-4-15(12,13)11-7-1-2-8(5-10)14-6-7/h2,7,11H,1,3-6,9-10H2/t7-/m1/s1. The number of hydrogen-bond acceptors (Lipinski definition) is 5. The SMILES string of the molecule is NCCS(=O)(=O)N[C@@H]1CC=C(CN)OC1. The van der Waals surface area contributed by atoms with Crippen LogP contribution in [0, 0.1) is 0 Å². The first-order chi connectivity index (χ1) is 7.07. The zero-order valence-electron chi connectivity index (χ0n) is 8.48. The fraction of sp³-hybridized carbons (Fsp3) is 0.750. The molecule has 0 amide bonds. The summed E-state index contributed by atoms with van der Waals surface area (Å²) in [6.07, 6.45) is 2.41. The zero-order valence-corrected chi connectivity index (χ0v) is 9.29. The van der Waals surface area contributed by atoms with Gasteiger partial charge in [-0.1, -0.05) is 0 Å². The minimum atomic E-state index is -3.27. The van der Waals surface area contributed by atoms with Crippen molar-refractivity contribution < 1.29 is 13.2 Å². The van der Waals surface area contributed by atoms with Gasteiger partial charge in [-0.3, -0.25) is 0 Å². The third-order valence-electron chi connectivity index (χ3n) is 2.03. The van der Waals surface area contributed by atoms with Crippen LogP contribution in [0.15, 0.2) is 11.8 Å². The molecule has 7 heteroatoms. The van der Waals surface area contributed by atoms with Gasteiger partial charge in [-0.15, -0.1) is 0 Å². The highest BCUT2D eigenvalue weighted by Crippen LogP contribution is 2.10. The van der Waals surface area contributed by atoms with Gasteiger partial charge in [0, 0.05) is 6.54 Å². The van der Waals surface area contributed by atoms with Gasteiger partial charge in [-0.2, -0.15) is 0 Å². The first-order valence-electron chi connectivity index (χ1n) is 4.79. The molecule has 1 atom stereocenters. The predicted molar refractivity (Wildman–Crippen MR) is 57.5 cm³/mol. The molecule has 0 saturated carbocycles. The fourth-order valence-corrected chi connectivity index (χ4v) is 2.40. The molecule has 1 heterocycles. The molecule has 1 rings (SSSR count). The highest BCUT2D eigenvalue weighted by Gasteiger charge is 2.20. The van der Waals surface area contributed by atoms with E-state index in [1.807, 2.05) is 0 Å². The van der Waals surface area contributed by atoms with E-state index < -0.39 is 10.0 Å². The molecule has 15 heavy (non-hydrogen) atoms. The van der Waals surface area contributed by atoms with E-state index in [2.05, 4.69) is 4.72 Å². The Labute approximate surface area is 89.7 Å². The lowest BCUT2D eigenvalue weighted by Gasteiger charge is -2.23. The van der Waals surface area contributed by atoms with Gasteiger partial charge in [0.15, 0.2) is 0 Å². The quantitative estimate of drug-likeness (QED) is 0.537.